The molecule has 0 aliphatic rings. The van der Waals surface area contributed by atoms with Crippen LogP contribution in [0.4, 0.5) is 0 Å². The molecule has 1 heterocycles. The van der Waals surface area contributed by atoms with Crippen molar-refractivity contribution in [2.45, 2.75) is 6.42 Å². The second-order valence-electron chi connectivity index (χ2n) is 1.28. The van der Waals surface area contributed by atoms with Crippen LogP contribution in [0.2, 0.25) is 0 Å². The summed E-state index contributed by atoms with van der Waals surface area (Å²) in [7, 11) is 0. The van der Waals surface area contributed by atoms with E-state index in [1.165, 1.54) is 0 Å². The van der Waals surface area contributed by atoms with Crippen LogP contribution in [0.15, 0.2) is 17.0 Å². The van der Waals surface area contributed by atoms with Gasteiger partial charge in [0.05, 0.1) is 6.20 Å². The van der Waals surface area contributed by atoms with Crippen LogP contribution in [-0.2, 0) is 32.3 Å². The van der Waals surface area contributed by atoms with Crippen LogP contribution >= 0.6 is 0 Å². The van der Waals surface area contributed by atoms with Gasteiger partial charge in [0.1, 0.15) is 6.26 Å². The summed E-state index contributed by atoms with van der Waals surface area (Å²) in [6.45, 7) is 3.63. The number of aromatic nitrogens is 1. The average Bonchev–Trinajstić information content (AvgIpc) is 2.14. The minimum Gasteiger partial charge on any atom is -0.365 e. The van der Waals surface area contributed by atoms with Gasteiger partial charge in [-0.3, -0.25) is 0 Å². The minimum atomic E-state index is 0. The Bertz CT molecular complexity index is 127. The van der Waals surface area contributed by atoms with Crippen molar-refractivity contribution >= 4 is 0 Å². The van der Waals surface area contributed by atoms with E-state index in [4.69, 9.17) is 0 Å². The second-order valence-corrected chi connectivity index (χ2v) is 1.28. The summed E-state index contributed by atoms with van der Waals surface area (Å²) in [5.41, 5.74) is 1.04. The molecule has 3 heteroatoms. The molecule has 1 rings (SSSR count). The van der Waals surface area contributed by atoms with E-state index in [1.807, 2.05) is 0 Å². The fourth-order valence-corrected chi connectivity index (χ4v) is 0.350. The van der Waals surface area contributed by atoms with E-state index in [1.54, 1.807) is 12.5 Å². The Hall–Kier alpha value is 0.0801. The summed E-state index contributed by atoms with van der Waals surface area (Å²) >= 11 is 0. The Kier molecular flexibility index (Phi) is 4.05. The Labute approximate surface area is 67.0 Å². The maximum atomic E-state index is 4.52. The van der Waals surface area contributed by atoms with Gasteiger partial charge >= 0.3 is 0 Å². The van der Waals surface area contributed by atoms with E-state index in [9.17, 15) is 0 Å². The molecule has 0 fully saturated rings. The normalized spacial score (nSPS) is 8.12. The molecule has 41 valence electrons. The zero-order valence-electron chi connectivity index (χ0n) is 4.50. The smallest absolute Gasteiger partial charge is 0.124 e. The molecular formula is C5H6NOSc-. The predicted octanol–water partition coefficient (Wildman–Crippen LogP) is 1.05. The second kappa shape index (κ2) is 4.01. The topological polar surface area (TPSA) is 26.0 Å². The molecular weight excluding hydrogens is 135 g/mol. The number of rotatable bonds is 1. The predicted molar refractivity (Wildman–Crippen MR) is 25.6 cm³/mol. The Morgan fingerprint density at radius 2 is 2.50 bits per heavy atom. The molecule has 0 amide bonds. The molecule has 0 aromatic carbocycles. The van der Waals surface area contributed by atoms with Crippen molar-refractivity contribution in [1.29, 1.82) is 0 Å². The standard InChI is InChI=1S/C5H6NO.Sc/c1-2-5-3-6-7-4-5;/h3-4H,1-2H2;/q-1;. The van der Waals surface area contributed by atoms with E-state index >= 15 is 0 Å². The van der Waals surface area contributed by atoms with E-state index < -0.39 is 0 Å². The summed E-state index contributed by atoms with van der Waals surface area (Å²) in [6.07, 6.45) is 4.00. The van der Waals surface area contributed by atoms with Crippen LogP contribution in [0.1, 0.15) is 5.56 Å². The van der Waals surface area contributed by atoms with Crippen LogP contribution in [0.25, 0.3) is 0 Å². The Balaban J connectivity index is 0.000000490. The molecule has 2 nitrogen and oxygen atoms in total. The first kappa shape index (κ1) is 8.08. The third-order valence-corrected chi connectivity index (χ3v) is 0.772. The molecule has 0 spiro atoms. The van der Waals surface area contributed by atoms with Crippen LogP contribution in [-0.4, -0.2) is 5.16 Å². The van der Waals surface area contributed by atoms with Crippen molar-refractivity contribution in [3.05, 3.63) is 24.9 Å². The monoisotopic (exact) mass is 141 g/mol. The summed E-state index contributed by atoms with van der Waals surface area (Å²) < 4.78 is 4.52. The molecule has 0 atom stereocenters. The molecule has 1 radical (unpaired) electrons. The van der Waals surface area contributed by atoms with Gasteiger partial charge in [0.15, 0.2) is 0 Å². The molecule has 0 aliphatic heterocycles. The molecule has 0 N–H and O–H groups in total. The van der Waals surface area contributed by atoms with E-state index in [0.29, 0.717) is 0 Å². The van der Waals surface area contributed by atoms with E-state index in [0.717, 1.165) is 12.0 Å². The van der Waals surface area contributed by atoms with Crippen molar-refractivity contribution in [3.63, 3.8) is 0 Å². The van der Waals surface area contributed by atoms with Gasteiger partial charge in [-0.25, -0.2) is 0 Å². The van der Waals surface area contributed by atoms with Gasteiger partial charge in [0, 0.05) is 25.8 Å². The van der Waals surface area contributed by atoms with Crippen LogP contribution in [0, 0.1) is 6.92 Å². The van der Waals surface area contributed by atoms with Gasteiger partial charge in [-0.2, -0.15) is 6.42 Å². The zero-order chi connectivity index (χ0) is 5.11. The van der Waals surface area contributed by atoms with Crippen molar-refractivity contribution in [3.8, 4) is 0 Å². The fraction of sp³-hybridized carbons (Fsp3) is 0.200. The Morgan fingerprint density at radius 1 is 1.75 bits per heavy atom. The molecule has 0 bridgehead atoms. The van der Waals surface area contributed by atoms with Crippen molar-refractivity contribution in [2.24, 2.45) is 0 Å². The first-order valence-electron chi connectivity index (χ1n) is 2.11. The quantitative estimate of drug-likeness (QED) is 0.546. The van der Waals surface area contributed by atoms with E-state index in [-0.39, 0.29) is 25.8 Å². The summed E-state index contributed by atoms with van der Waals surface area (Å²) in [5.74, 6) is 0. The third-order valence-electron chi connectivity index (χ3n) is 0.772. The van der Waals surface area contributed by atoms with Gasteiger partial charge in [0.25, 0.3) is 0 Å². The largest absolute Gasteiger partial charge is 0.365 e. The van der Waals surface area contributed by atoms with Gasteiger partial charge < -0.3 is 11.4 Å². The fourth-order valence-electron chi connectivity index (χ4n) is 0.350. The molecule has 0 saturated heterocycles. The van der Waals surface area contributed by atoms with Crippen LogP contribution in [0.3, 0.4) is 0 Å². The number of nitrogens with zero attached hydrogens (tertiary/aromatic N) is 1. The van der Waals surface area contributed by atoms with Gasteiger partial charge in [-0.15, -0.1) is 0 Å². The van der Waals surface area contributed by atoms with Crippen molar-refractivity contribution < 1.29 is 30.4 Å². The maximum absolute atomic E-state index is 4.52. The first-order valence-corrected chi connectivity index (χ1v) is 2.11. The minimum absolute atomic E-state index is 0. The van der Waals surface area contributed by atoms with Crippen molar-refractivity contribution in [1.82, 2.24) is 5.16 Å². The SMILES string of the molecule is [CH2-]Cc1cnoc1.[Sc]. The van der Waals surface area contributed by atoms with Gasteiger partial charge in [-0.05, 0) is 5.56 Å². The average molecular weight is 141 g/mol. The third kappa shape index (κ3) is 1.90. The molecule has 0 unspecified atom stereocenters. The first-order chi connectivity index (χ1) is 3.43. The van der Waals surface area contributed by atoms with Crippen molar-refractivity contribution in [2.75, 3.05) is 0 Å². The van der Waals surface area contributed by atoms with E-state index in [2.05, 4.69) is 16.6 Å². The molecule has 1 aromatic rings. The van der Waals surface area contributed by atoms with Gasteiger partial charge in [-0.1, -0.05) is 5.16 Å². The molecule has 1 aromatic heterocycles. The molecule has 8 heavy (non-hydrogen) atoms. The summed E-state index contributed by atoms with van der Waals surface area (Å²) in [6, 6.07) is 0. The zero-order valence-corrected chi connectivity index (χ0v) is 6.30. The number of hydrogen-bond acceptors (Lipinski definition) is 2. The molecule has 0 aliphatic carbocycles. The van der Waals surface area contributed by atoms with Crippen LogP contribution < -0.4 is 0 Å². The Morgan fingerprint density at radius 3 is 2.75 bits per heavy atom. The summed E-state index contributed by atoms with van der Waals surface area (Å²) in [5, 5.41) is 3.48. The number of hydrogen-bond donors (Lipinski definition) is 0. The summed E-state index contributed by atoms with van der Waals surface area (Å²) in [4.78, 5) is 0. The van der Waals surface area contributed by atoms with Gasteiger partial charge in [0.2, 0.25) is 0 Å². The van der Waals surface area contributed by atoms with Crippen LogP contribution in [0.5, 0.6) is 0 Å². The molecule has 0 saturated carbocycles. The maximum Gasteiger partial charge on any atom is 0.124 e.